The third-order valence-corrected chi connectivity index (χ3v) is 2.84. The molecule has 1 aromatic rings. The molecule has 78 valence electrons. The standard InChI is InChI=1S/C10H17N3O/c1-7-10(8(11)4-6-14)13-5-2-3-9(13)12-7/h8,14H,2-6,11H2,1H3. The first-order valence-corrected chi connectivity index (χ1v) is 5.16. The molecule has 0 fully saturated rings. The van der Waals surface area contributed by atoms with Crippen LogP contribution < -0.4 is 5.73 Å². The molecule has 0 radical (unpaired) electrons. The molecule has 0 spiro atoms. The molecule has 3 N–H and O–H groups in total. The van der Waals surface area contributed by atoms with Crippen LogP contribution in [0.25, 0.3) is 0 Å². The summed E-state index contributed by atoms with van der Waals surface area (Å²) < 4.78 is 2.22. The summed E-state index contributed by atoms with van der Waals surface area (Å²) in [5, 5.41) is 8.87. The number of fused-ring (bicyclic) bond motifs is 1. The van der Waals surface area contributed by atoms with Gasteiger partial charge in [0.15, 0.2) is 0 Å². The van der Waals surface area contributed by atoms with E-state index in [0.717, 1.165) is 30.2 Å². The lowest BCUT2D eigenvalue weighted by atomic mass is 10.1. The van der Waals surface area contributed by atoms with Crippen LogP contribution in [0.4, 0.5) is 0 Å². The average molecular weight is 195 g/mol. The molecule has 0 aliphatic carbocycles. The Morgan fingerprint density at radius 1 is 1.64 bits per heavy atom. The van der Waals surface area contributed by atoms with Gasteiger partial charge in [-0.3, -0.25) is 0 Å². The Hall–Kier alpha value is -0.870. The van der Waals surface area contributed by atoms with Crippen molar-refractivity contribution in [1.29, 1.82) is 0 Å². The summed E-state index contributed by atoms with van der Waals surface area (Å²) in [6.45, 7) is 3.17. The Morgan fingerprint density at radius 3 is 3.14 bits per heavy atom. The van der Waals surface area contributed by atoms with E-state index >= 15 is 0 Å². The van der Waals surface area contributed by atoms with Gasteiger partial charge >= 0.3 is 0 Å². The molecule has 14 heavy (non-hydrogen) atoms. The van der Waals surface area contributed by atoms with Gasteiger partial charge in [-0.1, -0.05) is 0 Å². The fraction of sp³-hybridized carbons (Fsp3) is 0.700. The van der Waals surface area contributed by atoms with Crippen LogP contribution >= 0.6 is 0 Å². The van der Waals surface area contributed by atoms with E-state index in [0.29, 0.717) is 6.42 Å². The molecule has 4 heteroatoms. The molecule has 0 aromatic carbocycles. The molecule has 0 amide bonds. The molecular weight excluding hydrogens is 178 g/mol. The highest BCUT2D eigenvalue weighted by Crippen LogP contribution is 2.25. The van der Waals surface area contributed by atoms with Crippen LogP contribution in [-0.2, 0) is 13.0 Å². The van der Waals surface area contributed by atoms with Gasteiger partial charge in [-0.25, -0.2) is 4.98 Å². The first kappa shape index (κ1) is 9.68. The summed E-state index contributed by atoms with van der Waals surface area (Å²) in [6, 6.07) is -0.0700. The van der Waals surface area contributed by atoms with E-state index in [4.69, 9.17) is 10.8 Å². The summed E-state index contributed by atoms with van der Waals surface area (Å²) in [4.78, 5) is 4.50. The Morgan fingerprint density at radius 2 is 2.43 bits per heavy atom. The van der Waals surface area contributed by atoms with Crippen LogP contribution in [0.5, 0.6) is 0 Å². The highest BCUT2D eigenvalue weighted by Gasteiger charge is 2.22. The maximum Gasteiger partial charge on any atom is 0.109 e. The summed E-state index contributed by atoms with van der Waals surface area (Å²) in [7, 11) is 0. The van der Waals surface area contributed by atoms with Gasteiger partial charge in [0.25, 0.3) is 0 Å². The van der Waals surface area contributed by atoms with Crippen molar-refractivity contribution in [3.05, 3.63) is 17.2 Å². The van der Waals surface area contributed by atoms with Crippen LogP contribution in [-0.4, -0.2) is 21.3 Å². The summed E-state index contributed by atoms with van der Waals surface area (Å²) in [5.74, 6) is 1.16. The third-order valence-electron chi connectivity index (χ3n) is 2.84. The number of hydrogen-bond acceptors (Lipinski definition) is 3. The lowest BCUT2D eigenvalue weighted by Gasteiger charge is -2.13. The van der Waals surface area contributed by atoms with Crippen molar-refractivity contribution in [3.8, 4) is 0 Å². The lowest BCUT2D eigenvalue weighted by Crippen LogP contribution is -2.17. The van der Waals surface area contributed by atoms with Crippen LogP contribution in [0.15, 0.2) is 0 Å². The number of aryl methyl sites for hydroxylation is 2. The summed E-state index contributed by atoms with van der Waals surface area (Å²) in [5.41, 5.74) is 8.15. The van der Waals surface area contributed by atoms with E-state index in [-0.39, 0.29) is 12.6 Å². The van der Waals surface area contributed by atoms with Gasteiger partial charge in [0.05, 0.1) is 11.4 Å². The van der Waals surface area contributed by atoms with Gasteiger partial charge in [-0.05, 0) is 19.8 Å². The van der Waals surface area contributed by atoms with Gasteiger partial charge in [-0.15, -0.1) is 0 Å². The quantitative estimate of drug-likeness (QED) is 0.739. The number of nitrogens with zero attached hydrogens (tertiary/aromatic N) is 2. The zero-order chi connectivity index (χ0) is 10.1. The highest BCUT2D eigenvalue weighted by molar-refractivity contribution is 5.21. The topological polar surface area (TPSA) is 64.1 Å². The molecule has 2 rings (SSSR count). The van der Waals surface area contributed by atoms with Crippen LogP contribution in [0.3, 0.4) is 0 Å². The van der Waals surface area contributed by atoms with Crippen LogP contribution in [0, 0.1) is 6.92 Å². The number of aromatic nitrogens is 2. The SMILES string of the molecule is Cc1nc2n(c1C(N)CCO)CCC2. The second kappa shape index (κ2) is 3.71. The van der Waals surface area contributed by atoms with Crippen molar-refractivity contribution in [2.75, 3.05) is 6.61 Å². The molecule has 0 bridgehead atoms. The molecule has 2 heterocycles. The monoisotopic (exact) mass is 195 g/mol. The van der Waals surface area contributed by atoms with Gasteiger partial charge in [0.2, 0.25) is 0 Å². The molecule has 1 unspecified atom stereocenters. The lowest BCUT2D eigenvalue weighted by molar-refractivity contribution is 0.274. The maximum absolute atomic E-state index is 8.87. The second-order valence-electron chi connectivity index (χ2n) is 3.87. The molecule has 1 aliphatic rings. The minimum Gasteiger partial charge on any atom is -0.396 e. The summed E-state index contributed by atoms with van der Waals surface area (Å²) >= 11 is 0. The first-order valence-electron chi connectivity index (χ1n) is 5.16. The number of aliphatic hydroxyl groups excluding tert-OH is 1. The Balaban J connectivity index is 2.32. The molecule has 4 nitrogen and oxygen atoms in total. The van der Waals surface area contributed by atoms with E-state index in [1.165, 1.54) is 6.42 Å². The van der Waals surface area contributed by atoms with Gasteiger partial charge in [0.1, 0.15) is 5.82 Å². The zero-order valence-corrected chi connectivity index (χ0v) is 8.53. The average Bonchev–Trinajstić information content (AvgIpc) is 2.63. The maximum atomic E-state index is 8.87. The van der Waals surface area contributed by atoms with Gasteiger partial charge < -0.3 is 15.4 Å². The fourth-order valence-electron chi connectivity index (χ4n) is 2.23. The normalized spacial score (nSPS) is 17.1. The first-order chi connectivity index (χ1) is 6.74. The summed E-state index contributed by atoms with van der Waals surface area (Å²) in [6.07, 6.45) is 2.85. The smallest absolute Gasteiger partial charge is 0.109 e. The Bertz CT molecular complexity index is 332. The van der Waals surface area contributed by atoms with Crippen molar-refractivity contribution in [1.82, 2.24) is 9.55 Å². The van der Waals surface area contributed by atoms with Gasteiger partial charge in [-0.2, -0.15) is 0 Å². The number of imidazole rings is 1. The molecular formula is C10H17N3O. The number of rotatable bonds is 3. The molecule has 0 saturated carbocycles. The minimum absolute atomic E-state index is 0.0700. The number of hydrogen-bond donors (Lipinski definition) is 2. The van der Waals surface area contributed by atoms with E-state index in [9.17, 15) is 0 Å². The second-order valence-corrected chi connectivity index (χ2v) is 3.87. The van der Waals surface area contributed by atoms with E-state index < -0.39 is 0 Å². The van der Waals surface area contributed by atoms with Crippen molar-refractivity contribution in [2.45, 2.75) is 38.8 Å². The van der Waals surface area contributed by atoms with Crippen LogP contribution in [0.2, 0.25) is 0 Å². The fourth-order valence-corrected chi connectivity index (χ4v) is 2.23. The molecule has 1 aliphatic heterocycles. The van der Waals surface area contributed by atoms with E-state index in [1.54, 1.807) is 0 Å². The largest absolute Gasteiger partial charge is 0.396 e. The van der Waals surface area contributed by atoms with Crippen LogP contribution in [0.1, 0.15) is 36.1 Å². The Labute approximate surface area is 83.8 Å². The van der Waals surface area contributed by atoms with Crippen molar-refractivity contribution < 1.29 is 5.11 Å². The zero-order valence-electron chi connectivity index (χ0n) is 8.53. The number of nitrogens with two attached hydrogens (primary N) is 1. The van der Waals surface area contributed by atoms with Crippen molar-refractivity contribution in [3.63, 3.8) is 0 Å². The van der Waals surface area contributed by atoms with Crippen molar-refractivity contribution in [2.24, 2.45) is 5.73 Å². The van der Waals surface area contributed by atoms with E-state index in [1.807, 2.05) is 6.92 Å². The third kappa shape index (κ3) is 1.44. The molecule has 1 atom stereocenters. The highest BCUT2D eigenvalue weighted by atomic mass is 16.3. The van der Waals surface area contributed by atoms with Crippen molar-refractivity contribution >= 4 is 0 Å². The molecule has 0 saturated heterocycles. The molecule has 1 aromatic heterocycles. The number of aliphatic hydroxyl groups is 1. The van der Waals surface area contributed by atoms with Gasteiger partial charge in [0, 0.05) is 25.6 Å². The van der Waals surface area contributed by atoms with E-state index in [2.05, 4.69) is 9.55 Å². The predicted molar refractivity (Wildman–Crippen MR) is 53.9 cm³/mol. The minimum atomic E-state index is -0.0700. The predicted octanol–water partition coefficient (Wildman–Crippen LogP) is 0.520. The Kier molecular flexibility index (Phi) is 2.56.